The molecule has 2 fully saturated rings. The first-order valence-corrected chi connectivity index (χ1v) is 7.81. The Balaban J connectivity index is 1.61. The van der Waals surface area contributed by atoms with Crippen LogP contribution in [0.3, 0.4) is 0 Å². The predicted molar refractivity (Wildman–Crippen MR) is 78.4 cm³/mol. The molecular formula is C17H21F2NO2. The second-order valence-electron chi connectivity index (χ2n) is 6.44. The summed E-state index contributed by atoms with van der Waals surface area (Å²) in [6, 6.07) is 4.14. The minimum atomic E-state index is -0.829. The summed E-state index contributed by atoms with van der Waals surface area (Å²) < 4.78 is 32.1. The zero-order valence-corrected chi connectivity index (χ0v) is 12.7. The Kier molecular flexibility index (Phi) is 4.17. The van der Waals surface area contributed by atoms with Crippen molar-refractivity contribution in [2.24, 2.45) is 5.41 Å². The summed E-state index contributed by atoms with van der Waals surface area (Å²) in [6.07, 6.45) is 4.22. The van der Waals surface area contributed by atoms with Gasteiger partial charge in [-0.05, 0) is 37.3 Å². The fraction of sp³-hybridized carbons (Fsp3) is 0.588. The summed E-state index contributed by atoms with van der Waals surface area (Å²) in [7, 11) is 1.63. The third-order valence-electron chi connectivity index (χ3n) is 5.06. The Bertz CT molecular complexity index is 572. The van der Waals surface area contributed by atoms with E-state index in [1.807, 2.05) is 0 Å². The van der Waals surface area contributed by atoms with Crippen molar-refractivity contribution in [1.29, 1.82) is 0 Å². The highest BCUT2D eigenvalue weighted by Gasteiger charge is 2.48. The number of ether oxygens (including phenoxy) is 1. The number of halogens is 2. The van der Waals surface area contributed by atoms with E-state index in [1.165, 1.54) is 6.07 Å². The van der Waals surface area contributed by atoms with Gasteiger partial charge in [0.1, 0.15) is 0 Å². The summed E-state index contributed by atoms with van der Waals surface area (Å²) in [5.74, 6) is -1.69. The zero-order valence-electron chi connectivity index (χ0n) is 12.7. The Morgan fingerprint density at radius 3 is 2.82 bits per heavy atom. The number of benzene rings is 1. The number of methoxy groups -OCH3 is 1. The van der Waals surface area contributed by atoms with E-state index in [2.05, 4.69) is 5.32 Å². The monoisotopic (exact) mass is 309 g/mol. The summed E-state index contributed by atoms with van der Waals surface area (Å²) in [5.41, 5.74) is 0.0498. The molecule has 0 unspecified atom stereocenters. The molecule has 22 heavy (non-hydrogen) atoms. The molecule has 2 saturated carbocycles. The van der Waals surface area contributed by atoms with E-state index in [9.17, 15) is 13.6 Å². The maximum absolute atomic E-state index is 13.8. The molecule has 0 spiro atoms. The van der Waals surface area contributed by atoms with Crippen LogP contribution in [-0.4, -0.2) is 25.7 Å². The van der Waals surface area contributed by atoms with E-state index >= 15 is 0 Å². The third-order valence-corrected chi connectivity index (χ3v) is 5.06. The van der Waals surface area contributed by atoms with Crippen molar-refractivity contribution >= 4 is 5.91 Å². The molecule has 1 aromatic rings. The molecule has 3 rings (SSSR count). The van der Waals surface area contributed by atoms with E-state index in [4.69, 9.17) is 4.74 Å². The molecule has 120 valence electrons. The van der Waals surface area contributed by atoms with Gasteiger partial charge in [0.2, 0.25) is 5.91 Å². The second-order valence-corrected chi connectivity index (χ2v) is 6.44. The Morgan fingerprint density at radius 1 is 1.41 bits per heavy atom. The first kappa shape index (κ1) is 15.4. The fourth-order valence-electron chi connectivity index (χ4n) is 3.32. The number of carbonyl (C=O) groups excluding carboxylic acids is 1. The van der Waals surface area contributed by atoms with Crippen molar-refractivity contribution in [1.82, 2.24) is 5.32 Å². The van der Waals surface area contributed by atoms with Crippen LogP contribution in [0.15, 0.2) is 18.2 Å². The SMILES string of the molecule is COCCC1(C(=O)N[C@H]2C[C@H]2c2cccc(F)c2F)CCC1. The third kappa shape index (κ3) is 2.74. The van der Waals surface area contributed by atoms with E-state index in [1.54, 1.807) is 13.2 Å². The lowest BCUT2D eigenvalue weighted by atomic mass is 9.66. The molecule has 1 amide bonds. The zero-order chi connectivity index (χ0) is 15.7. The van der Waals surface area contributed by atoms with Gasteiger partial charge in [-0.25, -0.2) is 8.78 Å². The van der Waals surface area contributed by atoms with E-state index in [-0.39, 0.29) is 23.3 Å². The highest BCUT2D eigenvalue weighted by atomic mass is 19.2. The largest absolute Gasteiger partial charge is 0.385 e. The van der Waals surface area contributed by atoms with Gasteiger partial charge in [0.05, 0.1) is 5.41 Å². The van der Waals surface area contributed by atoms with Gasteiger partial charge in [0.15, 0.2) is 11.6 Å². The molecule has 5 heteroatoms. The van der Waals surface area contributed by atoms with Gasteiger partial charge in [-0.2, -0.15) is 0 Å². The number of carbonyl (C=O) groups is 1. The van der Waals surface area contributed by atoms with E-state index in [0.717, 1.165) is 31.7 Å². The smallest absolute Gasteiger partial charge is 0.226 e. The van der Waals surface area contributed by atoms with Crippen molar-refractivity contribution in [3.63, 3.8) is 0 Å². The van der Waals surface area contributed by atoms with Crippen molar-refractivity contribution in [2.75, 3.05) is 13.7 Å². The molecule has 1 aromatic carbocycles. The van der Waals surface area contributed by atoms with Gasteiger partial charge >= 0.3 is 0 Å². The molecule has 2 aliphatic carbocycles. The van der Waals surface area contributed by atoms with Crippen LogP contribution >= 0.6 is 0 Å². The van der Waals surface area contributed by atoms with Crippen LogP contribution in [0, 0.1) is 17.0 Å². The van der Waals surface area contributed by atoms with Gasteiger partial charge in [-0.1, -0.05) is 18.6 Å². The fourth-order valence-corrected chi connectivity index (χ4v) is 3.32. The number of nitrogens with one attached hydrogen (secondary N) is 1. The molecular weight excluding hydrogens is 288 g/mol. The topological polar surface area (TPSA) is 38.3 Å². The first-order chi connectivity index (χ1) is 10.6. The molecule has 0 heterocycles. The van der Waals surface area contributed by atoms with Gasteiger partial charge < -0.3 is 10.1 Å². The second kappa shape index (κ2) is 5.95. The van der Waals surface area contributed by atoms with Crippen LogP contribution in [0.25, 0.3) is 0 Å². The standard InChI is InChI=1S/C17H21F2NO2/c1-22-9-8-17(6-3-7-17)16(21)20-14-10-12(14)11-4-2-5-13(18)15(11)19/h2,4-5,12,14H,3,6-10H2,1H3,(H,20,21)/t12-,14-/m0/s1. The lowest BCUT2D eigenvalue weighted by Crippen LogP contribution is -2.47. The quantitative estimate of drug-likeness (QED) is 0.876. The highest BCUT2D eigenvalue weighted by molar-refractivity contribution is 5.84. The summed E-state index contributed by atoms with van der Waals surface area (Å²) >= 11 is 0. The van der Waals surface area contributed by atoms with E-state index in [0.29, 0.717) is 18.6 Å². The van der Waals surface area contributed by atoms with Crippen LogP contribution < -0.4 is 5.32 Å². The number of hydrogen-bond acceptors (Lipinski definition) is 2. The number of amides is 1. The number of rotatable bonds is 6. The molecule has 2 atom stereocenters. The summed E-state index contributed by atoms with van der Waals surface area (Å²) in [5, 5.41) is 3.02. The van der Waals surface area contributed by atoms with Crippen molar-refractivity contribution in [2.45, 2.75) is 44.1 Å². The molecule has 0 radical (unpaired) electrons. The molecule has 0 bridgehead atoms. The van der Waals surface area contributed by atoms with Crippen LogP contribution in [0.1, 0.15) is 43.6 Å². The molecule has 0 aromatic heterocycles. The maximum Gasteiger partial charge on any atom is 0.226 e. The molecule has 1 N–H and O–H groups in total. The average molecular weight is 309 g/mol. The van der Waals surface area contributed by atoms with Crippen LogP contribution in [0.2, 0.25) is 0 Å². The lowest BCUT2D eigenvalue weighted by molar-refractivity contribution is -0.137. The summed E-state index contributed by atoms with van der Waals surface area (Å²) in [4.78, 5) is 12.5. The van der Waals surface area contributed by atoms with Crippen molar-refractivity contribution in [3.8, 4) is 0 Å². The highest BCUT2D eigenvalue weighted by Crippen LogP contribution is 2.47. The lowest BCUT2D eigenvalue weighted by Gasteiger charge is -2.40. The van der Waals surface area contributed by atoms with Crippen molar-refractivity contribution < 1.29 is 18.3 Å². The maximum atomic E-state index is 13.8. The Labute approximate surface area is 129 Å². The average Bonchev–Trinajstić information content (AvgIpc) is 3.20. The Hall–Kier alpha value is -1.49. The summed E-state index contributed by atoms with van der Waals surface area (Å²) in [6.45, 7) is 0.569. The van der Waals surface area contributed by atoms with Crippen LogP contribution in [0.4, 0.5) is 8.78 Å². The predicted octanol–water partition coefficient (Wildman–Crippen LogP) is 3.14. The van der Waals surface area contributed by atoms with Gasteiger partial charge in [0, 0.05) is 25.7 Å². The van der Waals surface area contributed by atoms with Gasteiger partial charge in [-0.3, -0.25) is 4.79 Å². The number of hydrogen-bond donors (Lipinski definition) is 1. The molecule has 2 aliphatic rings. The van der Waals surface area contributed by atoms with Crippen LogP contribution in [-0.2, 0) is 9.53 Å². The normalized spacial score (nSPS) is 25.4. The van der Waals surface area contributed by atoms with Crippen molar-refractivity contribution in [3.05, 3.63) is 35.4 Å². The minimum absolute atomic E-state index is 0.0418. The van der Waals surface area contributed by atoms with Crippen LogP contribution in [0.5, 0.6) is 0 Å². The van der Waals surface area contributed by atoms with E-state index < -0.39 is 11.6 Å². The minimum Gasteiger partial charge on any atom is -0.385 e. The van der Waals surface area contributed by atoms with Gasteiger partial charge in [0.25, 0.3) is 0 Å². The molecule has 0 aliphatic heterocycles. The molecule has 0 saturated heterocycles. The van der Waals surface area contributed by atoms with Gasteiger partial charge in [-0.15, -0.1) is 0 Å². The Morgan fingerprint density at radius 2 is 2.18 bits per heavy atom. The first-order valence-electron chi connectivity index (χ1n) is 7.81. The molecule has 3 nitrogen and oxygen atoms in total.